The van der Waals surface area contributed by atoms with Crippen molar-refractivity contribution in [1.82, 2.24) is 5.32 Å². The molecule has 1 aliphatic heterocycles. The second kappa shape index (κ2) is 6.30. The summed E-state index contributed by atoms with van der Waals surface area (Å²) in [7, 11) is 0. The van der Waals surface area contributed by atoms with Crippen molar-refractivity contribution in [3.8, 4) is 5.75 Å². The zero-order chi connectivity index (χ0) is 13.8. The Balaban J connectivity index is 2.17. The Bertz CT molecular complexity index is 432. The summed E-state index contributed by atoms with van der Waals surface area (Å²) in [6.45, 7) is 5.39. The number of nitrogens with one attached hydrogen (secondary N) is 1. The number of benzene rings is 1. The number of hydrogen-bond acceptors (Lipinski definition) is 3. The second-order valence-electron chi connectivity index (χ2n) is 5.01. The maximum Gasteiger partial charge on any atom is 0.168 e. The van der Waals surface area contributed by atoms with E-state index in [9.17, 15) is 8.78 Å². The molecule has 1 aromatic carbocycles. The van der Waals surface area contributed by atoms with Crippen LogP contribution in [0.15, 0.2) is 12.1 Å². The third kappa shape index (κ3) is 3.88. The molecule has 19 heavy (non-hydrogen) atoms. The lowest BCUT2D eigenvalue weighted by Gasteiger charge is -2.17. The van der Waals surface area contributed by atoms with Gasteiger partial charge in [0.05, 0.1) is 13.2 Å². The van der Waals surface area contributed by atoms with E-state index in [1.54, 1.807) is 0 Å². The molecule has 106 valence electrons. The van der Waals surface area contributed by atoms with Gasteiger partial charge in [-0.05, 0) is 6.07 Å². The monoisotopic (exact) mass is 271 g/mol. The Morgan fingerprint density at radius 1 is 1.42 bits per heavy atom. The van der Waals surface area contributed by atoms with Crippen LogP contribution in [0, 0.1) is 11.6 Å². The molecule has 0 saturated carbocycles. The van der Waals surface area contributed by atoms with Gasteiger partial charge in [-0.25, -0.2) is 8.78 Å². The molecule has 0 amide bonds. The Kier molecular flexibility index (Phi) is 4.71. The van der Waals surface area contributed by atoms with Gasteiger partial charge in [0.2, 0.25) is 0 Å². The Morgan fingerprint density at radius 3 is 2.84 bits per heavy atom. The topological polar surface area (TPSA) is 30.5 Å². The first kappa shape index (κ1) is 14.2. The molecule has 3 nitrogen and oxygen atoms in total. The van der Waals surface area contributed by atoms with Crippen molar-refractivity contribution in [1.29, 1.82) is 0 Å². The highest BCUT2D eigenvalue weighted by atomic mass is 19.1. The Hall–Kier alpha value is -1.20. The molecule has 0 spiro atoms. The summed E-state index contributed by atoms with van der Waals surface area (Å²) in [5, 5.41) is 3.14. The average molecular weight is 271 g/mol. The van der Waals surface area contributed by atoms with Crippen molar-refractivity contribution in [2.75, 3.05) is 13.2 Å². The fourth-order valence-corrected chi connectivity index (χ4v) is 1.96. The smallest absolute Gasteiger partial charge is 0.168 e. The molecular weight excluding hydrogens is 252 g/mol. The molecule has 1 fully saturated rings. The van der Waals surface area contributed by atoms with Crippen LogP contribution in [0.1, 0.15) is 25.8 Å². The minimum absolute atomic E-state index is 0.130. The van der Waals surface area contributed by atoms with E-state index in [2.05, 4.69) is 5.32 Å². The molecule has 0 radical (unpaired) electrons. The van der Waals surface area contributed by atoms with E-state index in [4.69, 9.17) is 9.47 Å². The van der Waals surface area contributed by atoms with Crippen molar-refractivity contribution >= 4 is 0 Å². The predicted octanol–water partition coefficient (Wildman–Crippen LogP) is 2.63. The summed E-state index contributed by atoms with van der Waals surface area (Å²) in [4.78, 5) is 0. The molecule has 1 saturated heterocycles. The lowest BCUT2D eigenvalue weighted by molar-refractivity contribution is 0.137. The Labute approximate surface area is 111 Å². The second-order valence-corrected chi connectivity index (χ2v) is 5.01. The van der Waals surface area contributed by atoms with E-state index in [0.717, 1.165) is 12.5 Å². The van der Waals surface area contributed by atoms with E-state index < -0.39 is 11.6 Å². The average Bonchev–Trinajstić information content (AvgIpc) is 2.83. The molecule has 5 heteroatoms. The first-order chi connectivity index (χ1) is 9.06. The fourth-order valence-electron chi connectivity index (χ4n) is 1.96. The van der Waals surface area contributed by atoms with Crippen LogP contribution >= 0.6 is 0 Å². The molecule has 0 aliphatic carbocycles. The lowest BCUT2D eigenvalue weighted by atomic mass is 10.1. The summed E-state index contributed by atoms with van der Waals surface area (Å²) in [6.07, 6.45) is 0.575. The summed E-state index contributed by atoms with van der Waals surface area (Å²) >= 11 is 0. The molecule has 1 aliphatic rings. The number of halogens is 2. The van der Waals surface area contributed by atoms with E-state index in [0.29, 0.717) is 25.3 Å². The summed E-state index contributed by atoms with van der Waals surface area (Å²) < 4.78 is 38.0. The lowest BCUT2D eigenvalue weighted by Crippen LogP contribution is -2.24. The van der Waals surface area contributed by atoms with Gasteiger partial charge in [-0.1, -0.05) is 13.8 Å². The zero-order valence-electron chi connectivity index (χ0n) is 11.2. The van der Waals surface area contributed by atoms with Crippen LogP contribution < -0.4 is 10.1 Å². The maximum atomic E-state index is 13.9. The van der Waals surface area contributed by atoms with Gasteiger partial charge in [0.25, 0.3) is 0 Å². The summed E-state index contributed by atoms with van der Waals surface area (Å²) in [5.41, 5.74) is 0.498. The van der Waals surface area contributed by atoms with Gasteiger partial charge >= 0.3 is 0 Å². The van der Waals surface area contributed by atoms with Crippen LogP contribution in [-0.4, -0.2) is 25.4 Å². The molecule has 1 aromatic rings. The van der Waals surface area contributed by atoms with Gasteiger partial charge in [0.15, 0.2) is 11.6 Å². The highest BCUT2D eigenvalue weighted by molar-refractivity contribution is 5.36. The van der Waals surface area contributed by atoms with E-state index in [1.165, 1.54) is 6.07 Å². The molecule has 0 aromatic heterocycles. The van der Waals surface area contributed by atoms with Gasteiger partial charge in [0.1, 0.15) is 11.9 Å². The van der Waals surface area contributed by atoms with Crippen molar-refractivity contribution in [2.45, 2.75) is 39.0 Å². The van der Waals surface area contributed by atoms with Crippen LogP contribution in [-0.2, 0) is 11.3 Å². The molecule has 0 unspecified atom stereocenters. The van der Waals surface area contributed by atoms with Crippen LogP contribution in [0.2, 0.25) is 0 Å². The maximum absolute atomic E-state index is 13.9. The largest absolute Gasteiger partial charge is 0.485 e. The van der Waals surface area contributed by atoms with Gasteiger partial charge in [-0.3, -0.25) is 0 Å². The van der Waals surface area contributed by atoms with Gasteiger partial charge in [-0.15, -0.1) is 0 Å². The first-order valence-electron chi connectivity index (χ1n) is 6.52. The van der Waals surface area contributed by atoms with Gasteiger partial charge in [0, 0.05) is 30.6 Å². The predicted molar refractivity (Wildman–Crippen MR) is 68.2 cm³/mol. The molecule has 1 heterocycles. The molecule has 2 rings (SSSR count). The van der Waals surface area contributed by atoms with Gasteiger partial charge < -0.3 is 14.8 Å². The third-order valence-electron chi connectivity index (χ3n) is 2.96. The number of ether oxygens (including phenoxy) is 2. The molecule has 1 atom stereocenters. The quantitative estimate of drug-likeness (QED) is 0.893. The minimum Gasteiger partial charge on any atom is -0.485 e. The van der Waals surface area contributed by atoms with Crippen LogP contribution in [0.5, 0.6) is 5.75 Å². The van der Waals surface area contributed by atoms with Gasteiger partial charge in [-0.2, -0.15) is 0 Å². The normalized spacial score (nSPS) is 19.1. The first-order valence-corrected chi connectivity index (χ1v) is 6.52. The van der Waals surface area contributed by atoms with Crippen molar-refractivity contribution in [3.05, 3.63) is 29.3 Å². The molecular formula is C14H19F2NO2. The SMILES string of the molecule is CC(C)NCc1cc(F)cc(F)c1O[C@@H]1CCOC1. The van der Waals surface area contributed by atoms with E-state index in [-0.39, 0.29) is 17.9 Å². The van der Waals surface area contributed by atoms with Crippen LogP contribution in [0.25, 0.3) is 0 Å². The fraction of sp³-hybridized carbons (Fsp3) is 0.571. The van der Waals surface area contributed by atoms with E-state index in [1.807, 2.05) is 13.8 Å². The summed E-state index contributed by atoms with van der Waals surface area (Å²) in [5.74, 6) is -1.12. The standard InChI is InChI=1S/C14H19F2NO2/c1-9(2)17-7-10-5-11(15)6-13(16)14(10)19-12-3-4-18-8-12/h5-6,9,12,17H,3-4,7-8H2,1-2H3/t12-/m1/s1. The van der Waals surface area contributed by atoms with E-state index >= 15 is 0 Å². The van der Waals surface area contributed by atoms with Crippen LogP contribution in [0.4, 0.5) is 8.78 Å². The Morgan fingerprint density at radius 2 is 2.21 bits per heavy atom. The van der Waals surface area contributed by atoms with Crippen molar-refractivity contribution in [2.24, 2.45) is 0 Å². The highest BCUT2D eigenvalue weighted by Crippen LogP contribution is 2.27. The number of rotatable bonds is 5. The summed E-state index contributed by atoms with van der Waals surface area (Å²) in [6, 6.07) is 2.39. The number of hydrogen-bond donors (Lipinski definition) is 1. The highest BCUT2D eigenvalue weighted by Gasteiger charge is 2.21. The van der Waals surface area contributed by atoms with Crippen molar-refractivity contribution in [3.63, 3.8) is 0 Å². The third-order valence-corrected chi connectivity index (χ3v) is 2.96. The molecule has 1 N–H and O–H groups in total. The van der Waals surface area contributed by atoms with Crippen molar-refractivity contribution < 1.29 is 18.3 Å². The molecule has 0 bridgehead atoms. The minimum atomic E-state index is -0.660. The van der Waals surface area contributed by atoms with Crippen LogP contribution in [0.3, 0.4) is 0 Å². The zero-order valence-corrected chi connectivity index (χ0v) is 11.2.